The molecular formula is C30H36N6O2. The zero-order valence-electron chi connectivity index (χ0n) is 22.3. The fourth-order valence-corrected chi connectivity index (χ4v) is 5.19. The number of benzene rings is 1. The number of piperazine rings is 1. The molecule has 0 unspecified atom stereocenters. The summed E-state index contributed by atoms with van der Waals surface area (Å²) in [6.45, 7) is 11.2. The smallest absolute Gasteiger partial charge is 0.141 e. The van der Waals surface area contributed by atoms with Gasteiger partial charge in [-0.25, -0.2) is 9.97 Å². The van der Waals surface area contributed by atoms with E-state index in [1.807, 2.05) is 18.2 Å². The van der Waals surface area contributed by atoms with Gasteiger partial charge in [-0.05, 0) is 43.8 Å². The van der Waals surface area contributed by atoms with Crippen molar-refractivity contribution in [2.45, 2.75) is 39.2 Å². The number of aromatic nitrogens is 3. The molecule has 8 heteroatoms. The van der Waals surface area contributed by atoms with E-state index >= 15 is 0 Å². The van der Waals surface area contributed by atoms with Crippen LogP contribution in [0, 0.1) is 11.3 Å². The summed E-state index contributed by atoms with van der Waals surface area (Å²) in [5.74, 6) is 0.615. The molecule has 0 radical (unpaired) electrons. The fourth-order valence-electron chi connectivity index (χ4n) is 5.19. The molecule has 0 bridgehead atoms. The van der Waals surface area contributed by atoms with Gasteiger partial charge in [0.1, 0.15) is 29.9 Å². The summed E-state index contributed by atoms with van der Waals surface area (Å²) in [6, 6.07) is 10.1. The number of hydrogen-bond acceptors (Lipinski definition) is 7. The summed E-state index contributed by atoms with van der Waals surface area (Å²) >= 11 is 0. The third-order valence-electron chi connectivity index (χ3n) is 7.42. The Morgan fingerprint density at radius 3 is 2.74 bits per heavy atom. The van der Waals surface area contributed by atoms with Crippen molar-refractivity contribution in [2.24, 2.45) is 0 Å². The number of hydrogen-bond donors (Lipinski definition) is 1. The summed E-state index contributed by atoms with van der Waals surface area (Å²) in [5, 5.41) is 10.8. The van der Waals surface area contributed by atoms with E-state index in [0.717, 1.165) is 80.0 Å². The van der Waals surface area contributed by atoms with E-state index in [-0.39, 0.29) is 6.10 Å². The first-order valence-corrected chi connectivity index (χ1v) is 13.6. The molecule has 2 aromatic heterocycles. The van der Waals surface area contributed by atoms with E-state index in [9.17, 15) is 5.26 Å². The molecule has 1 aromatic carbocycles. The molecule has 2 aliphatic heterocycles. The van der Waals surface area contributed by atoms with Crippen molar-refractivity contribution < 1.29 is 9.47 Å². The van der Waals surface area contributed by atoms with Crippen molar-refractivity contribution in [1.82, 2.24) is 24.8 Å². The van der Waals surface area contributed by atoms with Crippen LogP contribution in [0.1, 0.15) is 37.9 Å². The topological polar surface area (TPSA) is 90.3 Å². The molecule has 4 heterocycles. The van der Waals surface area contributed by atoms with Crippen LogP contribution in [0.2, 0.25) is 0 Å². The summed E-state index contributed by atoms with van der Waals surface area (Å²) < 4.78 is 11.5. The first-order chi connectivity index (χ1) is 18.7. The van der Waals surface area contributed by atoms with Crippen LogP contribution >= 0.6 is 0 Å². The summed E-state index contributed by atoms with van der Waals surface area (Å²) in [4.78, 5) is 17.4. The fraction of sp³-hybridized carbons (Fsp3) is 0.433. The summed E-state index contributed by atoms with van der Waals surface area (Å²) in [7, 11) is 0. The molecule has 2 aliphatic rings. The Bertz CT molecular complexity index is 1340. The maximum Gasteiger partial charge on any atom is 0.141 e. The predicted octanol–water partition coefficient (Wildman–Crippen LogP) is 4.69. The van der Waals surface area contributed by atoms with Crippen molar-refractivity contribution in [1.29, 1.82) is 5.26 Å². The van der Waals surface area contributed by atoms with Gasteiger partial charge in [0, 0.05) is 67.8 Å². The quantitative estimate of drug-likeness (QED) is 0.438. The predicted molar refractivity (Wildman–Crippen MR) is 149 cm³/mol. The van der Waals surface area contributed by atoms with Crippen LogP contribution in [0.3, 0.4) is 0 Å². The van der Waals surface area contributed by atoms with Crippen LogP contribution in [0.4, 0.5) is 0 Å². The highest BCUT2D eigenvalue weighted by Gasteiger charge is 2.19. The molecule has 2 saturated heterocycles. The molecule has 0 amide bonds. The molecule has 2 fully saturated rings. The van der Waals surface area contributed by atoms with Gasteiger partial charge in [0.25, 0.3) is 0 Å². The SMILES string of the molecule is C/C=C(\C=C/Cc1cc2c(-c3ccc(OC4CCOCC4)c(C#N)c3)ncnc2[nH]1)N1CCN(CC)CC1. The lowest BCUT2D eigenvalue weighted by molar-refractivity contribution is 0.0254. The zero-order valence-corrected chi connectivity index (χ0v) is 22.3. The number of allylic oxidation sites excluding steroid dienone is 3. The number of rotatable bonds is 8. The van der Waals surface area contributed by atoms with E-state index in [4.69, 9.17) is 9.47 Å². The van der Waals surface area contributed by atoms with Crippen LogP contribution < -0.4 is 4.74 Å². The number of H-pyrrole nitrogens is 1. The Hall–Kier alpha value is -3.67. The minimum atomic E-state index is 0.0803. The highest BCUT2D eigenvalue weighted by Crippen LogP contribution is 2.31. The lowest BCUT2D eigenvalue weighted by atomic mass is 10.0. The standard InChI is InChI=1S/C30H36N6O2/c1-3-25(36-14-12-35(4-2)13-15-36)7-5-6-24-19-27-29(32-21-33-30(27)34-24)22-8-9-28(23(18-22)20-31)38-26-10-16-37-17-11-26/h3,5,7-9,18-19,21,26H,4,6,10-17H2,1-2H3,(H,32,33,34)/b7-5-,25-3+. The van der Waals surface area contributed by atoms with Gasteiger partial charge < -0.3 is 24.3 Å². The van der Waals surface area contributed by atoms with E-state index in [1.165, 1.54) is 5.70 Å². The van der Waals surface area contributed by atoms with Gasteiger partial charge in [-0.15, -0.1) is 0 Å². The van der Waals surface area contributed by atoms with Crippen molar-refractivity contribution in [3.63, 3.8) is 0 Å². The Kier molecular flexibility index (Phi) is 8.37. The molecule has 0 saturated carbocycles. The van der Waals surface area contributed by atoms with Gasteiger partial charge in [-0.2, -0.15) is 5.26 Å². The molecule has 1 N–H and O–H groups in total. The highest BCUT2D eigenvalue weighted by molar-refractivity contribution is 5.91. The largest absolute Gasteiger partial charge is 0.489 e. The second kappa shape index (κ2) is 12.2. The number of nitrogens with zero attached hydrogens (tertiary/aromatic N) is 5. The molecule has 3 aromatic rings. The number of nitriles is 1. The average Bonchev–Trinajstić information content (AvgIpc) is 3.39. The number of aromatic amines is 1. The molecule has 38 heavy (non-hydrogen) atoms. The Balaban J connectivity index is 1.31. The van der Waals surface area contributed by atoms with Crippen molar-refractivity contribution >= 4 is 11.0 Å². The van der Waals surface area contributed by atoms with Crippen molar-refractivity contribution in [3.05, 3.63) is 65.8 Å². The lowest BCUT2D eigenvalue weighted by Gasteiger charge is -2.36. The molecule has 0 aliphatic carbocycles. The Morgan fingerprint density at radius 2 is 2.00 bits per heavy atom. The molecule has 198 valence electrons. The third-order valence-corrected chi connectivity index (χ3v) is 7.42. The van der Waals surface area contributed by atoms with E-state index in [0.29, 0.717) is 24.5 Å². The van der Waals surface area contributed by atoms with Crippen LogP contribution in [0.15, 0.2) is 54.5 Å². The Labute approximate surface area is 224 Å². The van der Waals surface area contributed by atoms with Gasteiger partial charge >= 0.3 is 0 Å². The maximum absolute atomic E-state index is 9.81. The van der Waals surface area contributed by atoms with Crippen LogP contribution in [0.5, 0.6) is 5.75 Å². The first-order valence-electron chi connectivity index (χ1n) is 13.6. The van der Waals surface area contributed by atoms with E-state index in [2.05, 4.69) is 69.0 Å². The molecule has 8 nitrogen and oxygen atoms in total. The van der Waals surface area contributed by atoms with Gasteiger partial charge in [0.15, 0.2) is 0 Å². The average molecular weight is 513 g/mol. The third kappa shape index (κ3) is 5.90. The second-order valence-electron chi connectivity index (χ2n) is 9.77. The monoisotopic (exact) mass is 512 g/mol. The molecule has 0 atom stereocenters. The van der Waals surface area contributed by atoms with E-state index in [1.54, 1.807) is 6.33 Å². The van der Waals surface area contributed by atoms with Gasteiger partial charge in [0.2, 0.25) is 0 Å². The number of fused-ring (bicyclic) bond motifs is 1. The van der Waals surface area contributed by atoms with Crippen LogP contribution in [-0.4, -0.2) is 76.8 Å². The summed E-state index contributed by atoms with van der Waals surface area (Å²) in [6.07, 6.45) is 10.7. The van der Waals surface area contributed by atoms with E-state index < -0.39 is 0 Å². The normalized spacial score (nSPS) is 17.8. The number of nitrogens with one attached hydrogen (secondary N) is 1. The lowest BCUT2D eigenvalue weighted by Crippen LogP contribution is -2.45. The molecule has 0 spiro atoms. The van der Waals surface area contributed by atoms with Gasteiger partial charge in [-0.3, -0.25) is 0 Å². The molecular weight excluding hydrogens is 476 g/mol. The minimum Gasteiger partial charge on any atom is -0.489 e. The van der Waals surface area contributed by atoms with Gasteiger partial charge in [0.05, 0.1) is 24.5 Å². The molecule has 5 rings (SSSR count). The zero-order chi connectivity index (χ0) is 26.3. The number of ether oxygens (including phenoxy) is 2. The van der Waals surface area contributed by atoms with Crippen molar-refractivity contribution in [3.8, 4) is 23.1 Å². The first kappa shape index (κ1) is 26.0. The minimum absolute atomic E-state index is 0.0803. The Morgan fingerprint density at radius 1 is 1.18 bits per heavy atom. The highest BCUT2D eigenvalue weighted by atomic mass is 16.5. The van der Waals surface area contributed by atoms with Crippen LogP contribution in [-0.2, 0) is 11.2 Å². The maximum atomic E-state index is 9.81. The second-order valence-corrected chi connectivity index (χ2v) is 9.77. The number of likely N-dealkylation sites (N-methyl/N-ethyl adjacent to an activating group) is 1. The van der Waals surface area contributed by atoms with Gasteiger partial charge in [-0.1, -0.05) is 19.1 Å². The van der Waals surface area contributed by atoms with Crippen molar-refractivity contribution in [2.75, 3.05) is 45.9 Å². The van der Waals surface area contributed by atoms with Crippen LogP contribution in [0.25, 0.3) is 22.3 Å². The summed E-state index contributed by atoms with van der Waals surface area (Å²) in [5.41, 5.74) is 5.32.